The van der Waals surface area contributed by atoms with Gasteiger partial charge < -0.3 is 10.2 Å². The summed E-state index contributed by atoms with van der Waals surface area (Å²) in [4.78, 5) is 43.8. The Labute approximate surface area is 249 Å². The van der Waals surface area contributed by atoms with Gasteiger partial charge >= 0.3 is 0 Å². The van der Waals surface area contributed by atoms with Crippen LogP contribution in [0.25, 0.3) is 10.8 Å². The van der Waals surface area contributed by atoms with Crippen molar-refractivity contribution in [2.75, 3.05) is 18.0 Å². The number of benzene rings is 2. The molecule has 9 aliphatic rings. The third-order valence-corrected chi connectivity index (χ3v) is 13.5. The Morgan fingerprint density at radius 1 is 1.00 bits per heavy atom. The summed E-state index contributed by atoms with van der Waals surface area (Å²) in [5, 5.41) is 9.59. The SMILES string of the molecule is C=C1CCC(N2C(=O)c3cccc4c(Cc5cnn(C6CCN(C(=O)C78C9C%10C%11C9C7C%11C%108)CC6)c5)ccc2c34)C(=O)N1. The summed E-state index contributed by atoms with van der Waals surface area (Å²) in [5.41, 5.74) is 4.57. The highest BCUT2D eigenvalue weighted by Crippen LogP contribution is 3.06. The number of carbonyl (C=O) groups excluding carboxylic acids is 3. The molecule has 3 aromatic rings. The lowest BCUT2D eigenvalue weighted by atomic mass is 8.96. The molecule has 1 atom stereocenters. The largest absolute Gasteiger partial charge is 0.342 e. The third-order valence-electron chi connectivity index (χ3n) is 13.5. The van der Waals surface area contributed by atoms with E-state index in [4.69, 9.17) is 5.10 Å². The van der Waals surface area contributed by atoms with Crippen molar-refractivity contribution in [1.82, 2.24) is 20.0 Å². The van der Waals surface area contributed by atoms with Crippen LogP contribution in [-0.4, -0.2) is 51.5 Å². The van der Waals surface area contributed by atoms with Crippen LogP contribution in [0.1, 0.15) is 53.2 Å². The quantitative estimate of drug-likeness (QED) is 0.503. The van der Waals surface area contributed by atoms with Crippen molar-refractivity contribution >= 4 is 34.2 Å². The molecule has 3 amide bonds. The van der Waals surface area contributed by atoms with Crippen molar-refractivity contribution in [2.45, 2.75) is 44.2 Å². The van der Waals surface area contributed by atoms with Gasteiger partial charge in [-0.1, -0.05) is 24.8 Å². The Kier molecular flexibility index (Phi) is 4.04. The van der Waals surface area contributed by atoms with Crippen LogP contribution in [-0.2, 0) is 16.0 Å². The Morgan fingerprint density at radius 2 is 1.77 bits per heavy atom. The van der Waals surface area contributed by atoms with Crippen molar-refractivity contribution in [3.05, 3.63) is 71.7 Å². The molecule has 0 radical (unpaired) electrons. The van der Waals surface area contributed by atoms with Gasteiger partial charge in [0.1, 0.15) is 6.04 Å². The van der Waals surface area contributed by atoms with Crippen LogP contribution in [0, 0.1) is 46.8 Å². The van der Waals surface area contributed by atoms with Crippen LogP contribution in [0.5, 0.6) is 0 Å². The molecule has 2 aromatic carbocycles. The van der Waals surface area contributed by atoms with Crippen LogP contribution in [0.3, 0.4) is 0 Å². The summed E-state index contributed by atoms with van der Waals surface area (Å²) in [6.07, 6.45) is 8.01. The van der Waals surface area contributed by atoms with Crippen molar-refractivity contribution in [1.29, 1.82) is 0 Å². The lowest BCUT2D eigenvalue weighted by molar-refractivity contribution is -0.597. The van der Waals surface area contributed by atoms with Crippen LogP contribution in [0.15, 0.2) is 55.0 Å². The number of amides is 3. The highest BCUT2D eigenvalue weighted by molar-refractivity contribution is 6.27. The van der Waals surface area contributed by atoms with Crippen LogP contribution < -0.4 is 10.2 Å². The minimum Gasteiger partial charge on any atom is -0.342 e. The molecule has 8 fully saturated rings. The van der Waals surface area contributed by atoms with Gasteiger partial charge in [-0.25, -0.2) is 0 Å². The minimum atomic E-state index is -0.528. The number of rotatable bonds is 5. The fraction of sp³-hybridized carbons (Fsp3) is 0.486. The molecule has 8 heteroatoms. The number of anilines is 1. The molecule has 1 unspecified atom stereocenters. The fourth-order valence-electron chi connectivity index (χ4n) is 11.9. The summed E-state index contributed by atoms with van der Waals surface area (Å²) in [5.74, 6) is 6.43. The molecule has 0 bridgehead atoms. The van der Waals surface area contributed by atoms with E-state index in [-0.39, 0.29) is 17.2 Å². The maximum Gasteiger partial charge on any atom is 0.259 e. The van der Waals surface area contributed by atoms with E-state index in [1.165, 1.54) is 0 Å². The maximum absolute atomic E-state index is 13.6. The van der Waals surface area contributed by atoms with Crippen molar-refractivity contribution in [3.8, 4) is 0 Å². The average molecular weight is 572 g/mol. The zero-order valence-electron chi connectivity index (χ0n) is 23.9. The number of likely N-dealkylation sites (tertiary alicyclic amines) is 1. The second-order valence-corrected chi connectivity index (χ2v) is 14.6. The molecule has 6 saturated carbocycles. The average Bonchev–Trinajstić information content (AvgIpc) is 3.61. The number of piperidine rings is 2. The molecule has 6 aliphatic carbocycles. The highest BCUT2D eigenvalue weighted by atomic mass is 16.2. The van der Waals surface area contributed by atoms with Gasteiger partial charge in [-0.2, -0.15) is 5.10 Å². The van der Waals surface area contributed by atoms with Gasteiger partial charge in [-0.15, -0.1) is 0 Å². The van der Waals surface area contributed by atoms with E-state index in [1.807, 2.05) is 24.4 Å². The maximum atomic E-state index is 13.6. The summed E-state index contributed by atoms with van der Waals surface area (Å²) in [6, 6.07) is 9.78. The van der Waals surface area contributed by atoms with Gasteiger partial charge in [0, 0.05) is 42.4 Å². The van der Waals surface area contributed by atoms with Crippen molar-refractivity contribution in [3.63, 3.8) is 0 Å². The predicted octanol–water partition coefficient (Wildman–Crippen LogP) is 3.91. The fourth-order valence-corrected chi connectivity index (χ4v) is 11.9. The standard InChI is InChI=1S/C35H33N5O3/c1-16-5-7-23(32(41)37-16)40-22-8-6-18(20-3-2-4-21(24(20)22)33(40)42)13-17-14-36-39(15-17)19-9-11-38(12-10-19)34(43)35-29-26-25-27(29)31(35)28(25)30(26)35/h2-4,6,8,14-15,19,23,25-31H,1,5,7,9-13H2,(H,37,41). The number of carbonyl (C=O) groups is 3. The van der Waals surface area contributed by atoms with Gasteiger partial charge in [0.2, 0.25) is 11.8 Å². The minimum absolute atomic E-state index is 0.109. The highest BCUT2D eigenvalue weighted by Gasteiger charge is 3.06. The van der Waals surface area contributed by atoms with Gasteiger partial charge in [0.15, 0.2) is 0 Å². The number of aromatic nitrogens is 2. The molecule has 12 rings (SSSR count). The number of nitrogens with one attached hydrogen (secondary N) is 1. The van der Waals surface area contributed by atoms with E-state index < -0.39 is 6.04 Å². The van der Waals surface area contributed by atoms with Crippen LogP contribution >= 0.6 is 0 Å². The predicted molar refractivity (Wildman–Crippen MR) is 158 cm³/mol. The summed E-state index contributed by atoms with van der Waals surface area (Å²) >= 11 is 0. The molecule has 43 heavy (non-hydrogen) atoms. The summed E-state index contributed by atoms with van der Waals surface area (Å²) in [7, 11) is 0. The first-order chi connectivity index (χ1) is 21.0. The summed E-state index contributed by atoms with van der Waals surface area (Å²) < 4.78 is 2.11. The third kappa shape index (κ3) is 2.42. The second-order valence-electron chi connectivity index (χ2n) is 14.6. The molecular weight excluding hydrogens is 538 g/mol. The Morgan fingerprint density at radius 3 is 2.51 bits per heavy atom. The molecular formula is C35H33N5O3. The van der Waals surface area contributed by atoms with Gasteiger partial charge in [0.05, 0.1) is 23.3 Å². The zero-order valence-corrected chi connectivity index (χ0v) is 23.9. The zero-order chi connectivity index (χ0) is 28.5. The van der Waals surface area contributed by atoms with Gasteiger partial charge in [0.25, 0.3) is 5.91 Å². The van der Waals surface area contributed by atoms with E-state index in [0.29, 0.717) is 42.5 Å². The lowest BCUT2D eigenvalue weighted by Crippen LogP contribution is -3.07. The molecule has 2 saturated heterocycles. The molecule has 4 heterocycles. The Hall–Kier alpha value is -3.94. The number of hydrogen-bond acceptors (Lipinski definition) is 4. The smallest absolute Gasteiger partial charge is 0.259 e. The van der Waals surface area contributed by atoms with Crippen molar-refractivity contribution in [2.24, 2.45) is 46.8 Å². The first-order valence-corrected chi connectivity index (χ1v) is 16.2. The van der Waals surface area contributed by atoms with Crippen LogP contribution in [0.4, 0.5) is 5.69 Å². The Bertz CT molecular complexity index is 1810. The lowest BCUT2D eigenvalue weighted by Gasteiger charge is -3.06. The monoisotopic (exact) mass is 571 g/mol. The van der Waals surface area contributed by atoms with E-state index in [9.17, 15) is 14.4 Å². The topological polar surface area (TPSA) is 87.5 Å². The number of nitrogens with zero attached hydrogens (tertiary/aromatic N) is 4. The molecule has 216 valence electrons. The van der Waals surface area contributed by atoms with Gasteiger partial charge in [-0.3, -0.25) is 24.0 Å². The van der Waals surface area contributed by atoms with E-state index in [0.717, 1.165) is 94.9 Å². The van der Waals surface area contributed by atoms with Gasteiger partial charge in [-0.05, 0) is 95.8 Å². The van der Waals surface area contributed by atoms with E-state index in [2.05, 4.69) is 39.8 Å². The number of hydrogen-bond donors (Lipinski definition) is 1. The molecule has 0 spiro atoms. The first kappa shape index (κ1) is 23.5. The van der Waals surface area contributed by atoms with E-state index in [1.54, 1.807) is 4.90 Å². The Balaban J connectivity index is 0.810. The normalized spacial score (nSPS) is 39.0. The van der Waals surface area contributed by atoms with Crippen molar-refractivity contribution < 1.29 is 14.4 Å². The molecule has 3 aliphatic heterocycles. The second kappa shape index (κ2) is 7.40. The molecule has 1 aromatic heterocycles. The number of allylic oxidation sites excluding steroid dienone is 1. The molecule has 8 nitrogen and oxygen atoms in total. The first-order valence-electron chi connectivity index (χ1n) is 16.2. The summed E-state index contributed by atoms with van der Waals surface area (Å²) in [6.45, 7) is 5.58. The van der Waals surface area contributed by atoms with E-state index >= 15 is 0 Å². The molecule has 1 N–H and O–H groups in total. The van der Waals surface area contributed by atoms with Crippen LogP contribution in [0.2, 0.25) is 0 Å².